The Kier molecular flexibility index (Phi) is 5.40. The Hall–Kier alpha value is -0.0800. The van der Waals surface area contributed by atoms with E-state index in [0.29, 0.717) is 0 Å². The summed E-state index contributed by atoms with van der Waals surface area (Å²) in [7, 11) is 0. The van der Waals surface area contributed by atoms with Crippen LogP contribution in [0.3, 0.4) is 0 Å². The molecule has 0 saturated carbocycles. The molecule has 1 aromatic rings. The molecule has 0 amide bonds. The van der Waals surface area contributed by atoms with Gasteiger partial charge in [-0.3, -0.25) is 0 Å². The minimum Gasteiger partial charge on any atom is -0.0776 e. The van der Waals surface area contributed by atoms with Crippen LogP contribution in [0.15, 0.2) is 39.8 Å². The average Bonchev–Trinajstić information content (AvgIpc) is 2.15. The smallest absolute Gasteiger partial charge is 0.0175 e. The maximum absolute atomic E-state index is 3.42. The van der Waals surface area contributed by atoms with Gasteiger partial charge in [0.15, 0.2) is 0 Å². The molecule has 0 bridgehead atoms. The molecule has 0 aliphatic rings. The van der Waals surface area contributed by atoms with Crippen LogP contribution in [0, 0.1) is 0 Å². The van der Waals surface area contributed by atoms with Gasteiger partial charge < -0.3 is 0 Å². The lowest BCUT2D eigenvalue weighted by atomic mass is 10.1. The van der Waals surface area contributed by atoms with Gasteiger partial charge in [-0.2, -0.15) is 0 Å². The summed E-state index contributed by atoms with van der Waals surface area (Å²) in [4.78, 5) is 1.93. The molecular weight excluding hydrogens is 292 g/mol. The highest BCUT2D eigenvalue weighted by Gasteiger charge is 1.91. The van der Waals surface area contributed by atoms with Gasteiger partial charge in [0.2, 0.25) is 0 Å². The van der Waals surface area contributed by atoms with Crippen LogP contribution >= 0.6 is 31.9 Å². The second kappa shape index (κ2) is 6.39. The predicted molar refractivity (Wildman–Crippen MR) is 65.1 cm³/mol. The minimum atomic E-state index is 1.14. The van der Waals surface area contributed by atoms with E-state index in [9.17, 15) is 0 Å². The van der Waals surface area contributed by atoms with Crippen LogP contribution in [0.25, 0.3) is 0 Å². The molecule has 1 rings (SSSR count). The molecule has 0 radical (unpaired) electrons. The summed E-state index contributed by atoms with van der Waals surface area (Å²) in [5.74, 6) is 0. The highest BCUT2D eigenvalue weighted by Crippen LogP contribution is 2.12. The van der Waals surface area contributed by atoms with Crippen LogP contribution in [0.2, 0.25) is 0 Å². The van der Waals surface area contributed by atoms with E-state index in [1.165, 1.54) is 12.0 Å². The number of hydrogen-bond acceptors (Lipinski definition) is 0. The molecule has 70 valence electrons. The van der Waals surface area contributed by atoms with Crippen LogP contribution in [0.5, 0.6) is 0 Å². The van der Waals surface area contributed by atoms with Crippen LogP contribution in [-0.2, 0) is 6.42 Å². The highest BCUT2D eigenvalue weighted by molar-refractivity contribution is 9.11. The molecule has 0 aliphatic carbocycles. The standard InChI is InChI=1S/C11H12Br2/c12-9-3-1-2-4-10-5-7-11(13)8-6-10/h3,5-9H,1-2,4H2/b9-3+. The summed E-state index contributed by atoms with van der Waals surface area (Å²) < 4.78 is 1.15. The van der Waals surface area contributed by atoms with Crippen molar-refractivity contribution in [2.45, 2.75) is 19.3 Å². The van der Waals surface area contributed by atoms with E-state index in [1.54, 1.807) is 0 Å². The molecule has 0 saturated heterocycles. The number of unbranched alkanes of at least 4 members (excludes halogenated alkanes) is 1. The van der Waals surface area contributed by atoms with Gasteiger partial charge in [-0.05, 0) is 41.9 Å². The lowest BCUT2D eigenvalue weighted by Crippen LogP contribution is -1.83. The Bertz CT molecular complexity index is 262. The van der Waals surface area contributed by atoms with Gasteiger partial charge in [-0.1, -0.05) is 50.1 Å². The molecule has 2 heteroatoms. The lowest BCUT2D eigenvalue weighted by Gasteiger charge is -1.98. The Balaban J connectivity index is 2.33. The maximum atomic E-state index is 3.42. The Morgan fingerprint density at radius 3 is 2.46 bits per heavy atom. The van der Waals surface area contributed by atoms with Crippen LogP contribution in [0.1, 0.15) is 18.4 Å². The Morgan fingerprint density at radius 1 is 1.15 bits per heavy atom. The third-order valence-electron chi connectivity index (χ3n) is 1.84. The monoisotopic (exact) mass is 302 g/mol. The van der Waals surface area contributed by atoms with E-state index in [0.717, 1.165) is 17.3 Å². The first kappa shape index (κ1) is 11.0. The summed E-state index contributed by atoms with van der Waals surface area (Å²) in [6, 6.07) is 8.52. The molecule has 0 spiro atoms. The topological polar surface area (TPSA) is 0 Å². The van der Waals surface area contributed by atoms with Crippen LogP contribution in [-0.4, -0.2) is 0 Å². The van der Waals surface area contributed by atoms with Crippen molar-refractivity contribution in [3.63, 3.8) is 0 Å². The van der Waals surface area contributed by atoms with Crippen molar-refractivity contribution in [2.24, 2.45) is 0 Å². The number of halogens is 2. The summed E-state index contributed by atoms with van der Waals surface area (Å²) >= 11 is 6.68. The van der Waals surface area contributed by atoms with Gasteiger partial charge in [0, 0.05) is 4.47 Å². The molecule has 0 atom stereocenters. The van der Waals surface area contributed by atoms with E-state index < -0.39 is 0 Å². The molecule has 0 nitrogen and oxygen atoms in total. The fourth-order valence-corrected chi connectivity index (χ4v) is 1.67. The maximum Gasteiger partial charge on any atom is 0.0175 e. The molecule has 0 unspecified atom stereocenters. The largest absolute Gasteiger partial charge is 0.0776 e. The fourth-order valence-electron chi connectivity index (χ4n) is 1.14. The first-order valence-electron chi connectivity index (χ1n) is 4.32. The number of benzene rings is 1. The summed E-state index contributed by atoms with van der Waals surface area (Å²) in [6.45, 7) is 0. The van der Waals surface area contributed by atoms with Crippen molar-refractivity contribution >= 4 is 31.9 Å². The average molecular weight is 304 g/mol. The molecule has 1 aromatic carbocycles. The molecular formula is C11H12Br2. The Morgan fingerprint density at radius 2 is 1.85 bits per heavy atom. The van der Waals surface area contributed by atoms with E-state index in [4.69, 9.17) is 0 Å². The van der Waals surface area contributed by atoms with E-state index in [2.05, 4.69) is 62.2 Å². The van der Waals surface area contributed by atoms with Gasteiger partial charge in [0.1, 0.15) is 0 Å². The first-order chi connectivity index (χ1) is 6.33. The van der Waals surface area contributed by atoms with Crippen molar-refractivity contribution in [3.05, 3.63) is 45.4 Å². The van der Waals surface area contributed by atoms with Gasteiger partial charge in [-0.25, -0.2) is 0 Å². The number of rotatable bonds is 4. The highest BCUT2D eigenvalue weighted by atomic mass is 79.9. The number of aryl methyl sites for hydroxylation is 1. The van der Waals surface area contributed by atoms with E-state index >= 15 is 0 Å². The second-order valence-corrected chi connectivity index (χ2v) is 4.32. The van der Waals surface area contributed by atoms with E-state index in [-0.39, 0.29) is 0 Å². The Labute approximate surface area is 96.3 Å². The van der Waals surface area contributed by atoms with Crippen LogP contribution in [0.4, 0.5) is 0 Å². The number of allylic oxidation sites excluding steroid dienone is 1. The van der Waals surface area contributed by atoms with Crippen LogP contribution < -0.4 is 0 Å². The zero-order chi connectivity index (χ0) is 9.52. The predicted octanol–water partition coefficient (Wildman–Crippen LogP) is 4.68. The minimum absolute atomic E-state index is 1.14. The SMILES string of the molecule is Br/C=C/CCCc1ccc(Br)cc1. The molecule has 0 N–H and O–H groups in total. The van der Waals surface area contributed by atoms with Gasteiger partial charge in [0.25, 0.3) is 0 Å². The molecule has 0 heterocycles. The summed E-state index contributed by atoms with van der Waals surface area (Å²) in [5, 5.41) is 0. The zero-order valence-corrected chi connectivity index (χ0v) is 10.5. The molecule has 13 heavy (non-hydrogen) atoms. The lowest BCUT2D eigenvalue weighted by molar-refractivity contribution is 0.844. The summed E-state index contributed by atoms with van der Waals surface area (Å²) in [6.07, 6.45) is 5.65. The second-order valence-electron chi connectivity index (χ2n) is 2.88. The van der Waals surface area contributed by atoms with Gasteiger partial charge in [-0.15, -0.1) is 0 Å². The van der Waals surface area contributed by atoms with Gasteiger partial charge in [0.05, 0.1) is 0 Å². The number of hydrogen-bond donors (Lipinski definition) is 0. The van der Waals surface area contributed by atoms with Crippen molar-refractivity contribution < 1.29 is 0 Å². The third kappa shape index (κ3) is 4.63. The molecule has 0 aliphatic heterocycles. The molecule has 0 fully saturated rings. The molecule has 0 aromatic heterocycles. The normalized spacial score (nSPS) is 10.9. The third-order valence-corrected chi connectivity index (χ3v) is 2.74. The zero-order valence-electron chi connectivity index (χ0n) is 7.34. The van der Waals surface area contributed by atoms with Crippen molar-refractivity contribution in [1.82, 2.24) is 0 Å². The van der Waals surface area contributed by atoms with Gasteiger partial charge >= 0.3 is 0 Å². The van der Waals surface area contributed by atoms with E-state index in [1.807, 2.05) is 4.99 Å². The van der Waals surface area contributed by atoms with Crippen molar-refractivity contribution in [3.8, 4) is 0 Å². The van der Waals surface area contributed by atoms with Crippen molar-refractivity contribution in [1.29, 1.82) is 0 Å². The summed E-state index contributed by atoms with van der Waals surface area (Å²) in [5.41, 5.74) is 1.41. The first-order valence-corrected chi connectivity index (χ1v) is 6.03. The fraction of sp³-hybridized carbons (Fsp3) is 0.273. The quantitative estimate of drug-likeness (QED) is 0.709. The van der Waals surface area contributed by atoms with Crippen molar-refractivity contribution in [2.75, 3.05) is 0 Å².